The molecular weight excluding hydrogens is 318 g/mol. The summed E-state index contributed by atoms with van der Waals surface area (Å²) in [5, 5.41) is 14.4. The van der Waals surface area contributed by atoms with Gasteiger partial charge in [-0.25, -0.2) is 0 Å². The van der Waals surface area contributed by atoms with Crippen molar-refractivity contribution in [2.45, 2.75) is 26.8 Å². The van der Waals surface area contributed by atoms with E-state index in [0.717, 1.165) is 29.8 Å². The second-order valence-electron chi connectivity index (χ2n) is 6.95. The van der Waals surface area contributed by atoms with E-state index in [1.54, 1.807) is 0 Å². The normalized spacial score (nSPS) is 13.0. The van der Waals surface area contributed by atoms with Crippen LogP contribution in [-0.2, 0) is 13.0 Å². The third-order valence-corrected chi connectivity index (χ3v) is 5.16. The Kier molecular flexibility index (Phi) is 4.26. The van der Waals surface area contributed by atoms with Gasteiger partial charge in [-0.15, -0.1) is 0 Å². The topological polar surface area (TPSA) is 32.3 Å². The predicted molar refractivity (Wildman–Crippen MR) is 108 cm³/mol. The first-order chi connectivity index (χ1) is 12.6. The molecule has 0 spiro atoms. The van der Waals surface area contributed by atoms with Gasteiger partial charge in [0.1, 0.15) is 5.75 Å². The third-order valence-electron chi connectivity index (χ3n) is 5.16. The van der Waals surface area contributed by atoms with Gasteiger partial charge in [-0.3, -0.25) is 0 Å². The Bertz CT molecular complexity index is 972. The molecule has 1 aliphatic carbocycles. The zero-order chi connectivity index (χ0) is 18.1. The molecule has 0 aromatic heterocycles. The second kappa shape index (κ2) is 6.72. The molecule has 130 valence electrons. The third kappa shape index (κ3) is 2.88. The van der Waals surface area contributed by atoms with Crippen molar-refractivity contribution in [2.24, 2.45) is 0 Å². The molecule has 0 heterocycles. The summed E-state index contributed by atoms with van der Waals surface area (Å²) in [6.07, 6.45) is 0.843. The summed E-state index contributed by atoms with van der Waals surface area (Å²) in [6, 6.07) is 22.9. The van der Waals surface area contributed by atoms with Crippen LogP contribution in [0.5, 0.6) is 5.75 Å². The van der Waals surface area contributed by atoms with Crippen LogP contribution in [0, 0.1) is 13.8 Å². The highest BCUT2D eigenvalue weighted by Crippen LogP contribution is 2.44. The molecule has 0 unspecified atom stereocenters. The highest BCUT2D eigenvalue weighted by molar-refractivity contribution is 5.98. The van der Waals surface area contributed by atoms with E-state index in [-0.39, 0.29) is 0 Å². The van der Waals surface area contributed by atoms with E-state index in [4.69, 9.17) is 0 Å². The molecule has 26 heavy (non-hydrogen) atoms. The smallest absolute Gasteiger partial charge is 0.128 e. The molecule has 3 aromatic rings. The van der Waals surface area contributed by atoms with Crippen molar-refractivity contribution in [1.82, 2.24) is 5.32 Å². The van der Waals surface area contributed by atoms with E-state index >= 15 is 0 Å². The number of phenols is 1. The maximum atomic E-state index is 10.8. The quantitative estimate of drug-likeness (QED) is 0.681. The molecule has 0 aliphatic heterocycles. The van der Waals surface area contributed by atoms with E-state index in [1.807, 2.05) is 19.1 Å². The highest BCUT2D eigenvalue weighted by Gasteiger charge is 2.27. The number of aryl methyl sites for hydroxylation is 2. The minimum atomic E-state index is 0.395. The zero-order valence-corrected chi connectivity index (χ0v) is 15.2. The fraction of sp³-hybridized carbons (Fsp3) is 0.167. The molecule has 0 amide bonds. The largest absolute Gasteiger partial charge is 0.507 e. The van der Waals surface area contributed by atoms with Gasteiger partial charge in [-0.2, -0.15) is 0 Å². The van der Waals surface area contributed by atoms with Crippen LogP contribution in [0.4, 0.5) is 0 Å². The van der Waals surface area contributed by atoms with Gasteiger partial charge >= 0.3 is 0 Å². The summed E-state index contributed by atoms with van der Waals surface area (Å²) in [7, 11) is 0. The van der Waals surface area contributed by atoms with Crippen LogP contribution in [0.1, 0.15) is 33.4 Å². The number of fused-ring (bicyclic) bond motifs is 1. The summed E-state index contributed by atoms with van der Waals surface area (Å²) in [6.45, 7) is 4.84. The molecule has 2 N–H and O–H groups in total. The monoisotopic (exact) mass is 341 g/mol. The molecule has 0 radical (unpaired) electrons. The van der Waals surface area contributed by atoms with E-state index in [9.17, 15) is 5.11 Å². The summed E-state index contributed by atoms with van der Waals surface area (Å²) < 4.78 is 0. The molecule has 0 fully saturated rings. The lowest BCUT2D eigenvalue weighted by Gasteiger charge is -2.15. The fourth-order valence-corrected chi connectivity index (χ4v) is 3.80. The number of hydrogen-bond acceptors (Lipinski definition) is 2. The highest BCUT2D eigenvalue weighted by atomic mass is 16.3. The Balaban J connectivity index is 1.81. The van der Waals surface area contributed by atoms with Crippen LogP contribution in [0.2, 0.25) is 0 Å². The SMILES string of the molecule is Cc1cc(C)c2c(c1O)C(NCc1ccccc1)=C(c1ccccc1)C2. The molecule has 0 atom stereocenters. The van der Waals surface area contributed by atoms with Crippen LogP contribution in [0.15, 0.2) is 66.7 Å². The van der Waals surface area contributed by atoms with Gasteiger partial charge in [0.25, 0.3) is 0 Å². The second-order valence-corrected chi connectivity index (χ2v) is 6.95. The number of hydrogen-bond donors (Lipinski definition) is 2. The van der Waals surface area contributed by atoms with Gasteiger partial charge in [0.05, 0.1) is 0 Å². The van der Waals surface area contributed by atoms with Gasteiger partial charge in [-0.1, -0.05) is 66.7 Å². The van der Waals surface area contributed by atoms with Crippen molar-refractivity contribution < 1.29 is 5.11 Å². The van der Waals surface area contributed by atoms with E-state index in [0.29, 0.717) is 5.75 Å². The van der Waals surface area contributed by atoms with Gasteiger partial charge < -0.3 is 10.4 Å². The molecule has 2 nitrogen and oxygen atoms in total. The van der Waals surface area contributed by atoms with Crippen LogP contribution < -0.4 is 5.32 Å². The number of nitrogens with one attached hydrogen (secondary N) is 1. The van der Waals surface area contributed by atoms with E-state index in [1.165, 1.54) is 27.8 Å². The minimum absolute atomic E-state index is 0.395. The van der Waals surface area contributed by atoms with Crippen molar-refractivity contribution >= 4 is 11.3 Å². The number of rotatable bonds is 4. The van der Waals surface area contributed by atoms with E-state index < -0.39 is 0 Å². The molecule has 0 saturated heterocycles. The summed E-state index contributed by atoms with van der Waals surface area (Å²) in [5.41, 5.74) is 9.09. The summed E-state index contributed by atoms with van der Waals surface area (Å²) >= 11 is 0. The van der Waals surface area contributed by atoms with Gasteiger partial charge in [0, 0.05) is 24.2 Å². The maximum Gasteiger partial charge on any atom is 0.128 e. The van der Waals surface area contributed by atoms with Crippen molar-refractivity contribution in [3.05, 3.63) is 100 Å². The Morgan fingerprint density at radius 1 is 0.885 bits per heavy atom. The maximum absolute atomic E-state index is 10.8. The van der Waals surface area contributed by atoms with Crippen molar-refractivity contribution in [2.75, 3.05) is 0 Å². The lowest BCUT2D eigenvalue weighted by molar-refractivity contribution is 0.468. The fourth-order valence-electron chi connectivity index (χ4n) is 3.80. The first-order valence-corrected chi connectivity index (χ1v) is 9.04. The minimum Gasteiger partial charge on any atom is -0.507 e. The van der Waals surface area contributed by atoms with Gasteiger partial charge in [0.2, 0.25) is 0 Å². The van der Waals surface area contributed by atoms with Crippen LogP contribution in [0.3, 0.4) is 0 Å². The average molecular weight is 341 g/mol. The molecular formula is C24H23NO. The first-order valence-electron chi connectivity index (χ1n) is 9.04. The van der Waals surface area contributed by atoms with Crippen molar-refractivity contribution in [3.8, 4) is 5.75 Å². The summed E-state index contributed by atoms with van der Waals surface area (Å²) in [4.78, 5) is 0. The molecule has 1 aliphatic rings. The van der Waals surface area contributed by atoms with Crippen molar-refractivity contribution in [1.29, 1.82) is 0 Å². The van der Waals surface area contributed by atoms with E-state index in [2.05, 4.69) is 66.8 Å². The predicted octanol–water partition coefficient (Wildman–Crippen LogP) is 5.22. The molecule has 2 heteroatoms. The molecule has 4 rings (SSSR count). The molecule has 3 aromatic carbocycles. The lowest BCUT2D eigenvalue weighted by Crippen LogP contribution is -2.12. The first kappa shape index (κ1) is 16.5. The van der Waals surface area contributed by atoms with Crippen LogP contribution in [-0.4, -0.2) is 5.11 Å². The zero-order valence-electron chi connectivity index (χ0n) is 15.2. The van der Waals surface area contributed by atoms with Crippen LogP contribution in [0.25, 0.3) is 11.3 Å². The standard InChI is InChI=1S/C24H23NO/c1-16-13-17(2)24(26)22-20(16)14-21(19-11-7-4-8-12-19)23(22)25-15-18-9-5-3-6-10-18/h3-13,25-26H,14-15H2,1-2H3. The number of phenolic OH excluding ortho intramolecular Hbond substituents is 1. The molecule has 0 bridgehead atoms. The number of allylic oxidation sites excluding steroid dienone is 1. The Hall–Kier alpha value is -3.00. The average Bonchev–Trinajstić information content (AvgIpc) is 3.06. The van der Waals surface area contributed by atoms with Gasteiger partial charge in [0.15, 0.2) is 0 Å². The lowest BCUT2D eigenvalue weighted by atomic mass is 9.98. The number of aromatic hydroxyl groups is 1. The Morgan fingerprint density at radius 3 is 2.23 bits per heavy atom. The van der Waals surface area contributed by atoms with Gasteiger partial charge in [-0.05, 0) is 47.2 Å². The van der Waals surface area contributed by atoms with Crippen LogP contribution >= 0.6 is 0 Å². The Labute approximate surface area is 154 Å². The number of benzene rings is 3. The van der Waals surface area contributed by atoms with Crippen molar-refractivity contribution in [3.63, 3.8) is 0 Å². The molecule has 0 saturated carbocycles. The Morgan fingerprint density at radius 2 is 1.54 bits per heavy atom. The summed E-state index contributed by atoms with van der Waals surface area (Å²) in [5.74, 6) is 0.395.